The van der Waals surface area contributed by atoms with Crippen molar-refractivity contribution < 1.29 is 27.3 Å². The normalized spacial score (nSPS) is 17.1. The summed E-state index contributed by atoms with van der Waals surface area (Å²) in [6.45, 7) is 14.8. The number of rotatable bonds is 8. The van der Waals surface area contributed by atoms with Gasteiger partial charge in [-0.05, 0) is 84.1 Å². The molecule has 1 heterocycles. The molecular weight excluding hydrogens is 536 g/mol. The summed E-state index contributed by atoms with van der Waals surface area (Å²) < 4.78 is 47.2. The number of benzene rings is 2. The largest absolute Gasteiger partial charge is 0.495 e. The fourth-order valence-corrected chi connectivity index (χ4v) is 5.63. The van der Waals surface area contributed by atoms with Gasteiger partial charge in [-0.3, -0.25) is 9.52 Å². The maximum Gasteiger partial charge on any atom is 0.495 e. The van der Waals surface area contributed by atoms with E-state index in [9.17, 15) is 13.2 Å². The first-order valence-electron chi connectivity index (χ1n) is 12.0. The summed E-state index contributed by atoms with van der Waals surface area (Å²) in [5.41, 5.74) is 0.237. The van der Waals surface area contributed by atoms with Gasteiger partial charge in [0.25, 0.3) is 10.0 Å². The zero-order valence-electron chi connectivity index (χ0n) is 22.5. The Morgan fingerprint density at radius 3 is 2.27 bits per heavy atom. The van der Waals surface area contributed by atoms with Gasteiger partial charge in [-0.25, -0.2) is 8.42 Å². The molecule has 0 spiro atoms. The van der Waals surface area contributed by atoms with Crippen LogP contribution in [0, 0.1) is 12.3 Å². The van der Waals surface area contributed by atoms with E-state index < -0.39 is 39.7 Å². The van der Waals surface area contributed by atoms with Crippen LogP contribution in [-0.4, -0.2) is 32.7 Å². The first kappa shape index (κ1) is 29.8. The number of carbonyl (C=O) groups excluding carboxylic acids is 1. The standard InChI is InChI=1S/C26H34BCl2NO6S/c1-9-24(3,4)23(31)34-15-17-13-18(28)14-21(22(17)29)37(32,33)30-20-12-10-11-19(16(20)2)27-35-25(5,6)26(7,8)36-27/h10-14,30H,9,15H2,1-8H3. The molecule has 0 aromatic heterocycles. The Morgan fingerprint density at radius 1 is 1.11 bits per heavy atom. The molecule has 7 nitrogen and oxygen atoms in total. The molecular formula is C26H34BCl2NO6S. The van der Waals surface area contributed by atoms with E-state index in [1.807, 2.05) is 40.7 Å². The van der Waals surface area contributed by atoms with Crippen LogP contribution in [0.5, 0.6) is 0 Å². The number of sulfonamides is 1. The topological polar surface area (TPSA) is 90.9 Å². The third kappa shape index (κ3) is 6.12. The van der Waals surface area contributed by atoms with Crippen LogP contribution in [-0.2, 0) is 35.5 Å². The SMILES string of the molecule is CCC(C)(C)C(=O)OCc1cc(Cl)cc(S(=O)(=O)Nc2cccc(B3OC(C)(C)C(C)(C)O3)c2C)c1Cl. The van der Waals surface area contributed by atoms with Crippen molar-refractivity contribution in [3.63, 3.8) is 0 Å². The predicted molar refractivity (Wildman–Crippen MR) is 148 cm³/mol. The highest BCUT2D eigenvalue weighted by Gasteiger charge is 2.52. The molecule has 11 heteroatoms. The minimum absolute atomic E-state index is 0.0706. The quantitative estimate of drug-likeness (QED) is 0.315. The molecule has 1 aliphatic rings. The Hall–Kier alpha value is -1.78. The summed E-state index contributed by atoms with van der Waals surface area (Å²) in [4.78, 5) is 12.2. The van der Waals surface area contributed by atoms with Crippen molar-refractivity contribution >= 4 is 57.5 Å². The number of halogens is 2. The second-order valence-corrected chi connectivity index (χ2v) is 13.4. The number of nitrogens with one attached hydrogen (secondary N) is 1. The fourth-order valence-electron chi connectivity index (χ4n) is 3.59. The molecule has 2 aromatic carbocycles. The first-order valence-corrected chi connectivity index (χ1v) is 14.3. The molecule has 0 amide bonds. The van der Waals surface area contributed by atoms with Gasteiger partial charge >= 0.3 is 13.1 Å². The van der Waals surface area contributed by atoms with E-state index in [1.54, 1.807) is 32.9 Å². The summed E-state index contributed by atoms with van der Waals surface area (Å²) in [5.74, 6) is -0.413. The van der Waals surface area contributed by atoms with Gasteiger partial charge in [-0.1, -0.05) is 42.3 Å². The molecule has 0 unspecified atom stereocenters. The van der Waals surface area contributed by atoms with Crippen LogP contribution in [0.2, 0.25) is 10.0 Å². The van der Waals surface area contributed by atoms with Crippen molar-refractivity contribution in [3.05, 3.63) is 51.5 Å². The number of esters is 1. The average molecular weight is 570 g/mol. The first-order chi connectivity index (χ1) is 16.9. The Bertz CT molecular complexity index is 1290. The zero-order valence-corrected chi connectivity index (χ0v) is 24.8. The lowest BCUT2D eigenvalue weighted by atomic mass is 9.76. The molecule has 0 radical (unpaired) electrons. The number of carbonyl (C=O) groups is 1. The van der Waals surface area contributed by atoms with E-state index in [0.717, 1.165) is 0 Å². The Morgan fingerprint density at radius 2 is 1.70 bits per heavy atom. The maximum atomic E-state index is 13.4. The van der Waals surface area contributed by atoms with Crippen LogP contribution in [0.25, 0.3) is 0 Å². The van der Waals surface area contributed by atoms with Gasteiger partial charge in [0.1, 0.15) is 11.5 Å². The van der Waals surface area contributed by atoms with Crippen LogP contribution >= 0.6 is 23.2 Å². The van der Waals surface area contributed by atoms with E-state index in [1.165, 1.54) is 12.1 Å². The van der Waals surface area contributed by atoms with Crippen LogP contribution in [0.4, 0.5) is 5.69 Å². The van der Waals surface area contributed by atoms with Crippen molar-refractivity contribution in [3.8, 4) is 0 Å². The van der Waals surface area contributed by atoms with E-state index >= 15 is 0 Å². The summed E-state index contributed by atoms with van der Waals surface area (Å²) in [6, 6.07) is 7.97. The monoisotopic (exact) mass is 569 g/mol. The van der Waals surface area contributed by atoms with Crippen LogP contribution in [0.1, 0.15) is 66.0 Å². The van der Waals surface area contributed by atoms with E-state index in [0.29, 0.717) is 23.1 Å². The Kier molecular flexibility index (Phi) is 8.38. The van der Waals surface area contributed by atoms with Crippen molar-refractivity contribution in [2.24, 2.45) is 5.41 Å². The van der Waals surface area contributed by atoms with Gasteiger partial charge in [-0.2, -0.15) is 0 Å². The van der Waals surface area contributed by atoms with Crippen LogP contribution in [0.15, 0.2) is 35.2 Å². The molecule has 37 heavy (non-hydrogen) atoms. The maximum absolute atomic E-state index is 13.4. The molecule has 0 aliphatic carbocycles. The summed E-state index contributed by atoms with van der Waals surface area (Å²) in [6.07, 6.45) is 0.586. The third-order valence-corrected chi connectivity index (χ3v) is 9.46. The highest BCUT2D eigenvalue weighted by Crippen LogP contribution is 2.37. The third-order valence-electron chi connectivity index (χ3n) is 7.29. The molecule has 0 atom stereocenters. The molecule has 1 fully saturated rings. The Balaban J connectivity index is 1.90. The fraction of sp³-hybridized carbons (Fsp3) is 0.500. The second kappa shape index (κ2) is 10.4. The second-order valence-electron chi connectivity index (χ2n) is 10.9. The number of hydrogen-bond donors (Lipinski definition) is 1. The highest BCUT2D eigenvalue weighted by atomic mass is 35.5. The lowest BCUT2D eigenvalue weighted by Crippen LogP contribution is -2.41. The molecule has 3 rings (SSSR count). The van der Waals surface area contributed by atoms with Gasteiger partial charge in [0, 0.05) is 10.6 Å². The molecule has 1 saturated heterocycles. The molecule has 0 saturated carbocycles. The highest BCUT2D eigenvalue weighted by molar-refractivity contribution is 7.92. The molecule has 202 valence electrons. The van der Waals surface area contributed by atoms with E-state index in [2.05, 4.69) is 4.72 Å². The van der Waals surface area contributed by atoms with E-state index in [4.69, 9.17) is 37.2 Å². The van der Waals surface area contributed by atoms with Gasteiger partial charge in [0.2, 0.25) is 0 Å². The van der Waals surface area contributed by atoms with E-state index in [-0.39, 0.29) is 27.1 Å². The molecule has 2 aromatic rings. The smallest absolute Gasteiger partial charge is 0.460 e. The lowest BCUT2D eigenvalue weighted by Gasteiger charge is -2.32. The minimum atomic E-state index is -4.16. The predicted octanol–water partition coefficient (Wildman–Crippen LogP) is 5.88. The zero-order chi connectivity index (χ0) is 28.0. The van der Waals surface area contributed by atoms with Crippen molar-refractivity contribution in [1.29, 1.82) is 0 Å². The van der Waals surface area contributed by atoms with Crippen LogP contribution in [0.3, 0.4) is 0 Å². The summed E-state index contributed by atoms with van der Waals surface area (Å²) in [7, 11) is -4.81. The van der Waals surface area contributed by atoms with Crippen molar-refractivity contribution in [2.45, 2.75) is 84.5 Å². The average Bonchev–Trinajstić information content (AvgIpc) is 3.01. The molecule has 0 bridgehead atoms. The summed E-state index contributed by atoms with van der Waals surface area (Å²) >= 11 is 12.7. The summed E-state index contributed by atoms with van der Waals surface area (Å²) in [5, 5.41) is 0.0760. The van der Waals surface area contributed by atoms with Crippen LogP contribution < -0.4 is 10.2 Å². The lowest BCUT2D eigenvalue weighted by molar-refractivity contribution is -0.155. The Labute approximate surface area is 230 Å². The number of ether oxygens (including phenoxy) is 1. The van der Waals surface area contributed by atoms with Gasteiger partial charge in [0.05, 0.1) is 27.3 Å². The van der Waals surface area contributed by atoms with Gasteiger partial charge in [0.15, 0.2) is 0 Å². The van der Waals surface area contributed by atoms with Gasteiger partial charge < -0.3 is 14.0 Å². The van der Waals surface area contributed by atoms with Gasteiger partial charge in [-0.15, -0.1) is 0 Å². The number of anilines is 1. The number of hydrogen-bond acceptors (Lipinski definition) is 6. The van der Waals surface area contributed by atoms with Crippen molar-refractivity contribution in [2.75, 3.05) is 4.72 Å². The minimum Gasteiger partial charge on any atom is -0.460 e. The van der Waals surface area contributed by atoms with Crippen molar-refractivity contribution in [1.82, 2.24) is 0 Å². The molecule has 1 aliphatic heterocycles. The molecule has 1 N–H and O–H groups in total.